The number of amides is 2. The molecule has 0 spiro atoms. The first kappa shape index (κ1) is 17.0. The number of aryl methyl sites for hydroxylation is 1. The van der Waals surface area contributed by atoms with Crippen molar-refractivity contribution in [3.8, 4) is 0 Å². The zero-order valence-electron chi connectivity index (χ0n) is 14.6. The van der Waals surface area contributed by atoms with Gasteiger partial charge in [-0.2, -0.15) is 5.10 Å². The van der Waals surface area contributed by atoms with Crippen molar-refractivity contribution in [3.05, 3.63) is 17.0 Å². The van der Waals surface area contributed by atoms with Crippen molar-refractivity contribution < 1.29 is 9.59 Å². The predicted octanol–water partition coefficient (Wildman–Crippen LogP) is 2.04. The molecule has 3 rings (SSSR count). The lowest BCUT2D eigenvalue weighted by molar-refractivity contribution is -0.139. The molecule has 0 atom stereocenters. The van der Waals surface area contributed by atoms with Gasteiger partial charge in [0.05, 0.1) is 18.8 Å². The highest BCUT2D eigenvalue weighted by Gasteiger charge is 2.23. The fourth-order valence-electron chi connectivity index (χ4n) is 3.66. The van der Waals surface area contributed by atoms with Crippen LogP contribution in [0.2, 0.25) is 0 Å². The van der Waals surface area contributed by atoms with Gasteiger partial charge in [-0.1, -0.05) is 12.8 Å². The summed E-state index contributed by atoms with van der Waals surface area (Å²) in [6.45, 7) is 1.42. The van der Waals surface area contributed by atoms with E-state index >= 15 is 0 Å². The van der Waals surface area contributed by atoms with Gasteiger partial charge in [0.1, 0.15) is 0 Å². The number of aromatic amines is 1. The minimum Gasteiger partial charge on any atom is -0.338 e. The Kier molecular flexibility index (Phi) is 5.53. The average Bonchev–Trinajstić information content (AvgIpc) is 2.74. The van der Waals surface area contributed by atoms with Crippen molar-refractivity contribution in [2.75, 3.05) is 20.1 Å². The number of hydrogen-bond donors (Lipinski definition) is 1. The van der Waals surface area contributed by atoms with Crippen molar-refractivity contribution in [1.82, 2.24) is 20.0 Å². The molecule has 1 N–H and O–H groups in total. The number of carbonyl (C=O) groups excluding carboxylic acids is 2. The maximum absolute atomic E-state index is 12.5. The quantitative estimate of drug-likeness (QED) is 0.858. The zero-order chi connectivity index (χ0) is 16.9. The SMILES string of the molecule is CN(Cc1n[nH]c2c1CCCCC2)C(=O)CN1CCCCCC1=O. The summed E-state index contributed by atoms with van der Waals surface area (Å²) in [4.78, 5) is 28.0. The zero-order valence-corrected chi connectivity index (χ0v) is 14.6. The molecular weight excluding hydrogens is 304 g/mol. The van der Waals surface area contributed by atoms with E-state index in [-0.39, 0.29) is 18.4 Å². The monoisotopic (exact) mass is 332 g/mol. The molecule has 1 aliphatic heterocycles. The van der Waals surface area contributed by atoms with Gasteiger partial charge in [0.15, 0.2) is 0 Å². The first-order valence-electron chi connectivity index (χ1n) is 9.22. The van der Waals surface area contributed by atoms with Crippen LogP contribution in [0.25, 0.3) is 0 Å². The molecule has 1 aliphatic carbocycles. The third-order valence-corrected chi connectivity index (χ3v) is 5.20. The first-order chi connectivity index (χ1) is 11.6. The van der Waals surface area contributed by atoms with Gasteiger partial charge in [-0.25, -0.2) is 0 Å². The van der Waals surface area contributed by atoms with Crippen LogP contribution in [0.5, 0.6) is 0 Å². The lowest BCUT2D eigenvalue weighted by Gasteiger charge is -2.24. The predicted molar refractivity (Wildman–Crippen MR) is 91.4 cm³/mol. The fourth-order valence-corrected chi connectivity index (χ4v) is 3.66. The molecule has 24 heavy (non-hydrogen) atoms. The number of H-pyrrole nitrogens is 1. The number of carbonyl (C=O) groups is 2. The second-order valence-electron chi connectivity index (χ2n) is 7.06. The third-order valence-electron chi connectivity index (χ3n) is 5.20. The van der Waals surface area contributed by atoms with Crippen LogP contribution in [-0.4, -0.2) is 51.9 Å². The van der Waals surface area contributed by atoms with Crippen molar-refractivity contribution >= 4 is 11.8 Å². The molecule has 132 valence electrons. The van der Waals surface area contributed by atoms with E-state index in [1.165, 1.54) is 30.5 Å². The maximum atomic E-state index is 12.5. The third kappa shape index (κ3) is 3.97. The van der Waals surface area contributed by atoms with E-state index in [4.69, 9.17) is 0 Å². The number of nitrogens with one attached hydrogen (secondary N) is 1. The molecule has 0 radical (unpaired) electrons. The molecule has 1 saturated heterocycles. The van der Waals surface area contributed by atoms with E-state index < -0.39 is 0 Å². The topological polar surface area (TPSA) is 69.3 Å². The summed E-state index contributed by atoms with van der Waals surface area (Å²) in [5.41, 5.74) is 3.54. The smallest absolute Gasteiger partial charge is 0.242 e. The van der Waals surface area contributed by atoms with Crippen molar-refractivity contribution in [1.29, 1.82) is 0 Å². The van der Waals surface area contributed by atoms with Crippen LogP contribution in [0.3, 0.4) is 0 Å². The van der Waals surface area contributed by atoms with Gasteiger partial charge in [-0.05, 0) is 44.1 Å². The van der Waals surface area contributed by atoms with E-state index in [0.29, 0.717) is 19.5 Å². The molecule has 1 aromatic heterocycles. The molecule has 0 bridgehead atoms. The lowest BCUT2D eigenvalue weighted by Crippen LogP contribution is -2.41. The van der Waals surface area contributed by atoms with Gasteiger partial charge in [0.25, 0.3) is 0 Å². The Hall–Kier alpha value is -1.85. The number of nitrogens with zero attached hydrogens (tertiary/aromatic N) is 3. The van der Waals surface area contributed by atoms with Crippen molar-refractivity contribution in [2.45, 2.75) is 64.3 Å². The summed E-state index contributed by atoms with van der Waals surface area (Å²) >= 11 is 0. The standard InChI is InChI=1S/C18H28N4O2/c1-21(18(24)13-22-11-7-3-6-10-17(22)23)12-16-14-8-4-2-5-9-15(14)19-20-16/h2-13H2,1H3,(H,19,20). The Morgan fingerprint density at radius 1 is 1.12 bits per heavy atom. The van der Waals surface area contributed by atoms with E-state index in [1.54, 1.807) is 9.80 Å². The summed E-state index contributed by atoms with van der Waals surface area (Å²) < 4.78 is 0. The Morgan fingerprint density at radius 2 is 1.88 bits per heavy atom. The van der Waals surface area contributed by atoms with Gasteiger partial charge >= 0.3 is 0 Å². The Labute approximate surface area is 143 Å². The Bertz CT molecular complexity index is 596. The second kappa shape index (κ2) is 7.81. The Morgan fingerprint density at radius 3 is 2.75 bits per heavy atom. The normalized spacial score (nSPS) is 18.7. The molecule has 6 nitrogen and oxygen atoms in total. The summed E-state index contributed by atoms with van der Waals surface area (Å²) in [7, 11) is 1.81. The highest BCUT2D eigenvalue weighted by molar-refractivity contribution is 5.84. The van der Waals surface area contributed by atoms with Gasteiger partial charge < -0.3 is 9.80 Å². The van der Waals surface area contributed by atoms with Crippen molar-refractivity contribution in [3.63, 3.8) is 0 Å². The number of likely N-dealkylation sites (N-methyl/N-ethyl adjacent to an activating group) is 1. The van der Waals surface area contributed by atoms with Gasteiger partial charge in [-0.15, -0.1) is 0 Å². The van der Waals surface area contributed by atoms with Gasteiger partial charge in [0, 0.05) is 25.7 Å². The van der Waals surface area contributed by atoms with E-state index in [9.17, 15) is 9.59 Å². The number of aromatic nitrogens is 2. The molecule has 2 aliphatic rings. The largest absolute Gasteiger partial charge is 0.338 e. The van der Waals surface area contributed by atoms with Crippen LogP contribution in [0.1, 0.15) is 61.9 Å². The molecule has 6 heteroatoms. The molecular formula is C18H28N4O2. The minimum atomic E-state index is -0.00405. The molecule has 0 saturated carbocycles. The van der Waals surface area contributed by atoms with Crippen LogP contribution in [-0.2, 0) is 29.0 Å². The fraction of sp³-hybridized carbons (Fsp3) is 0.722. The number of likely N-dealkylation sites (tertiary alicyclic amines) is 1. The number of fused-ring (bicyclic) bond motifs is 1. The summed E-state index contributed by atoms with van der Waals surface area (Å²) in [6, 6.07) is 0. The van der Waals surface area contributed by atoms with Gasteiger partial charge in [0.2, 0.25) is 11.8 Å². The van der Waals surface area contributed by atoms with E-state index in [2.05, 4.69) is 10.2 Å². The van der Waals surface area contributed by atoms with Gasteiger partial charge in [-0.3, -0.25) is 14.7 Å². The summed E-state index contributed by atoms with van der Waals surface area (Å²) in [6.07, 6.45) is 9.35. The van der Waals surface area contributed by atoms with Crippen molar-refractivity contribution in [2.24, 2.45) is 0 Å². The van der Waals surface area contributed by atoms with E-state index in [1.807, 2.05) is 7.05 Å². The van der Waals surface area contributed by atoms with Crippen LogP contribution < -0.4 is 0 Å². The Balaban J connectivity index is 1.60. The van der Waals surface area contributed by atoms with Crippen LogP contribution >= 0.6 is 0 Å². The number of rotatable bonds is 4. The molecule has 2 heterocycles. The molecule has 1 fully saturated rings. The van der Waals surface area contributed by atoms with Crippen LogP contribution in [0.4, 0.5) is 0 Å². The van der Waals surface area contributed by atoms with Crippen LogP contribution in [0.15, 0.2) is 0 Å². The summed E-state index contributed by atoms with van der Waals surface area (Å²) in [5, 5.41) is 7.59. The highest BCUT2D eigenvalue weighted by atomic mass is 16.2. The number of hydrogen-bond acceptors (Lipinski definition) is 3. The van der Waals surface area contributed by atoms with E-state index in [0.717, 1.165) is 37.8 Å². The minimum absolute atomic E-state index is 0.00405. The molecule has 1 aromatic rings. The van der Waals surface area contributed by atoms with Crippen LogP contribution in [0, 0.1) is 0 Å². The average molecular weight is 332 g/mol. The molecule has 2 amide bonds. The molecule has 0 unspecified atom stereocenters. The first-order valence-corrected chi connectivity index (χ1v) is 9.22. The maximum Gasteiger partial charge on any atom is 0.242 e. The second-order valence-corrected chi connectivity index (χ2v) is 7.06. The summed E-state index contributed by atoms with van der Waals surface area (Å²) in [5.74, 6) is 0.110. The highest BCUT2D eigenvalue weighted by Crippen LogP contribution is 2.22. The lowest BCUT2D eigenvalue weighted by atomic mass is 10.1. The molecule has 0 aromatic carbocycles.